The summed E-state index contributed by atoms with van der Waals surface area (Å²) in [4.78, 5) is 11.2. The summed E-state index contributed by atoms with van der Waals surface area (Å²) in [6.45, 7) is -0.179. The second kappa shape index (κ2) is 6.95. The number of nitrogens with one attached hydrogen (secondary N) is 1. The van der Waals surface area contributed by atoms with Crippen molar-refractivity contribution in [3.05, 3.63) is 53.1 Å². The summed E-state index contributed by atoms with van der Waals surface area (Å²) in [5.74, 6) is -2.11. The minimum absolute atomic E-state index is 0.0424. The van der Waals surface area contributed by atoms with Gasteiger partial charge in [0.2, 0.25) is 0 Å². The average Bonchev–Trinajstić information content (AvgIpc) is 2.53. The van der Waals surface area contributed by atoms with Crippen LogP contribution in [-0.2, 0) is 6.54 Å². The molecule has 0 aliphatic carbocycles. The molecule has 2 aromatic rings. The lowest BCUT2D eigenvalue weighted by atomic mass is 10.1. The molecule has 0 radical (unpaired) electrons. The second-order valence-electron chi connectivity index (χ2n) is 4.62. The predicted octanol–water partition coefficient (Wildman–Crippen LogP) is 3.29. The molecule has 5 nitrogen and oxygen atoms in total. The van der Waals surface area contributed by atoms with E-state index >= 15 is 0 Å². The van der Waals surface area contributed by atoms with Gasteiger partial charge >= 0.3 is 5.97 Å². The van der Waals surface area contributed by atoms with Crippen molar-refractivity contribution in [3.63, 3.8) is 0 Å². The third-order valence-electron chi connectivity index (χ3n) is 3.24. The van der Waals surface area contributed by atoms with Gasteiger partial charge in [0, 0.05) is 12.1 Å². The molecule has 0 saturated carbocycles. The zero-order valence-electron chi connectivity index (χ0n) is 12.5. The van der Waals surface area contributed by atoms with Gasteiger partial charge in [-0.05, 0) is 24.3 Å². The monoisotopic (exact) mass is 323 g/mol. The van der Waals surface area contributed by atoms with Crippen molar-refractivity contribution in [1.29, 1.82) is 0 Å². The van der Waals surface area contributed by atoms with E-state index < -0.39 is 17.6 Å². The molecule has 122 valence electrons. The molecule has 0 aliphatic heterocycles. The number of ether oxygens (including phenoxy) is 2. The van der Waals surface area contributed by atoms with E-state index in [1.807, 2.05) is 0 Å². The maximum absolute atomic E-state index is 13.7. The maximum atomic E-state index is 13.7. The van der Waals surface area contributed by atoms with Gasteiger partial charge in [-0.25, -0.2) is 13.6 Å². The smallest absolute Gasteiger partial charge is 0.335 e. The van der Waals surface area contributed by atoms with Crippen LogP contribution in [0, 0.1) is 11.6 Å². The topological polar surface area (TPSA) is 67.8 Å². The minimum Gasteiger partial charge on any atom is -0.493 e. The number of hydrogen-bond donors (Lipinski definition) is 2. The third kappa shape index (κ3) is 3.50. The molecule has 0 saturated heterocycles. The van der Waals surface area contributed by atoms with Crippen LogP contribution in [-0.4, -0.2) is 25.3 Å². The van der Waals surface area contributed by atoms with Crippen LogP contribution in [0.2, 0.25) is 0 Å². The molecule has 0 fully saturated rings. The molecule has 2 N–H and O–H groups in total. The minimum atomic E-state index is -1.16. The van der Waals surface area contributed by atoms with Crippen LogP contribution in [0.15, 0.2) is 30.3 Å². The van der Waals surface area contributed by atoms with Gasteiger partial charge in [-0.15, -0.1) is 0 Å². The zero-order chi connectivity index (χ0) is 17.0. The molecule has 23 heavy (non-hydrogen) atoms. The van der Waals surface area contributed by atoms with Crippen LogP contribution in [0.4, 0.5) is 14.5 Å². The first-order valence-electron chi connectivity index (χ1n) is 6.64. The van der Waals surface area contributed by atoms with Crippen molar-refractivity contribution in [2.24, 2.45) is 0 Å². The summed E-state index contributed by atoms with van der Waals surface area (Å²) in [7, 11) is 2.75. The van der Waals surface area contributed by atoms with Crippen LogP contribution >= 0.6 is 0 Å². The van der Waals surface area contributed by atoms with E-state index in [4.69, 9.17) is 14.6 Å². The Hall–Kier alpha value is -2.83. The molecule has 0 atom stereocenters. The highest BCUT2D eigenvalue weighted by Gasteiger charge is 2.17. The molecule has 0 heterocycles. The molecule has 2 aromatic carbocycles. The average molecular weight is 323 g/mol. The number of hydrogen-bond acceptors (Lipinski definition) is 4. The molecule has 0 unspecified atom stereocenters. The van der Waals surface area contributed by atoms with Crippen LogP contribution in [0.3, 0.4) is 0 Å². The normalized spacial score (nSPS) is 10.3. The van der Waals surface area contributed by atoms with Crippen LogP contribution in [0.5, 0.6) is 11.5 Å². The number of carboxylic acid groups (broad SMARTS) is 1. The van der Waals surface area contributed by atoms with E-state index in [0.29, 0.717) is 0 Å². The predicted molar refractivity (Wildman–Crippen MR) is 80.2 cm³/mol. The fourth-order valence-electron chi connectivity index (χ4n) is 2.10. The summed E-state index contributed by atoms with van der Waals surface area (Å²) in [5.41, 5.74) is 0.0558. The van der Waals surface area contributed by atoms with Crippen LogP contribution in [0.25, 0.3) is 0 Å². The summed E-state index contributed by atoms with van der Waals surface area (Å²) in [6.07, 6.45) is 0. The first-order chi connectivity index (χ1) is 11.0. The number of rotatable bonds is 6. The third-order valence-corrected chi connectivity index (χ3v) is 3.24. The van der Waals surface area contributed by atoms with E-state index in [-0.39, 0.29) is 34.9 Å². The number of halogens is 2. The molecule has 2 rings (SSSR count). The van der Waals surface area contributed by atoms with Crippen molar-refractivity contribution in [2.75, 3.05) is 19.5 Å². The van der Waals surface area contributed by atoms with Gasteiger partial charge in [-0.3, -0.25) is 0 Å². The molecule has 0 aliphatic rings. The standard InChI is InChI=1S/C16H15F2NO4/c1-22-14-7-9(16(20)21)6-13(15(14)23-2)19-8-10-11(17)4-3-5-12(10)18/h3-7,19H,8H2,1-2H3,(H,20,21). The number of aromatic carboxylic acids is 1. The Bertz CT molecular complexity index is 714. The van der Waals surface area contributed by atoms with Crippen molar-refractivity contribution in [2.45, 2.75) is 6.54 Å². The highest BCUT2D eigenvalue weighted by atomic mass is 19.1. The SMILES string of the molecule is COc1cc(C(=O)O)cc(NCc2c(F)cccc2F)c1OC. The molecule has 0 spiro atoms. The Morgan fingerprint density at radius 1 is 1.17 bits per heavy atom. The maximum Gasteiger partial charge on any atom is 0.335 e. The Morgan fingerprint density at radius 3 is 2.35 bits per heavy atom. The van der Waals surface area contributed by atoms with Gasteiger partial charge in [-0.1, -0.05) is 6.07 Å². The van der Waals surface area contributed by atoms with Crippen molar-refractivity contribution >= 4 is 11.7 Å². The summed E-state index contributed by atoms with van der Waals surface area (Å²) in [6, 6.07) is 6.17. The first kappa shape index (κ1) is 16.5. The molecular formula is C16H15F2NO4. The lowest BCUT2D eigenvalue weighted by Gasteiger charge is -2.16. The largest absolute Gasteiger partial charge is 0.493 e. The number of carbonyl (C=O) groups is 1. The summed E-state index contributed by atoms with van der Waals surface area (Å²) < 4.78 is 37.6. The zero-order valence-corrected chi connectivity index (χ0v) is 12.5. The van der Waals surface area contributed by atoms with Crippen molar-refractivity contribution in [3.8, 4) is 11.5 Å². The highest BCUT2D eigenvalue weighted by Crippen LogP contribution is 2.37. The molecular weight excluding hydrogens is 308 g/mol. The van der Waals surface area contributed by atoms with Gasteiger partial charge < -0.3 is 19.9 Å². The van der Waals surface area contributed by atoms with Gasteiger partial charge in [0.25, 0.3) is 0 Å². The Labute approximate surface area is 131 Å². The van der Waals surface area contributed by atoms with Crippen molar-refractivity contribution in [1.82, 2.24) is 0 Å². The van der Waals surface area contributed by atoms with E-state index in [1.165, 1.54) is 32.4 Å². The van der Waals surface area contributed by atoms with Crippen LogP contribution < -0.4 is 14.8 Å². The van der Waals surface area contributed by atoms with Gasteiger partial charge in [0.05, 0.1) is 25.5 Å². The first-order valence-corrected chi connectivity index (χ1v) is 6.64. The Kier molecular flexibility index (Phi) is 5.00. The quantitative estimate of drug-likeness (QED) is 0.854. The summed E-state index contributed by atoms with van der Waals surface area (Å²) in [5, 5.41) is 11.9. The Balaban J connectivity index is 2.38. The van der Waals surface area contributed by atoms with Gasteiger partial charge in [0.1, 0.15) is 11.6 Å². The Morgan fingerprint density at radius 2 is 1.83 bits per heavy atom. The van der Waals surface area contributed by atoms with Gasteiger partial charge in [0.15, 0.2) is 11.5 Å². The lowest BCUT2D eigenvalue weighted by molar-refractivity contribution is 0.0696. The fourth-order valence-corrected chi connectivity index (χ4v) is 2.10. The number of benzene rings is 2. The van der Waals surface area contributed by atoms with Crippen molar-refractivity contribution < 1.29 is 28.2 Å². The molecule has 0 amide bonds. The van der Waals surface area contributed by atoms with E-state index in [2.05, 4.69) is 5.32 Å². The molecule has 0 aromatic heterocycles. The second-order valence-corrected chi connectivity index (χ2v) is 4.62. The number of methoxy groups -OCH3 is 2. The van der Waals surface area contributed by atoms with Crippen LogP contribution in [0.1, 0.15) is 15.9 Å². The highest BCUT2D eigenvalue weighted by molar-refractivity contribution is 5.90. The fraction of sp³-hybridized carbons (Fsp3) is 0.188. The van der Waals surface area contributed by atoms with E-state index in [0.717, 1.165) is 12.1 Å². The number of carboxylic acids is 1. The summed E-state index contributed by atoms with van der Waals surface area (Å²) >= 11 is 0. The van der Waals surface area contributed by atoms with E-state index in [9.17, 15) is 13.6 Å². The number of anilines is 1. The molecule has 7 heteroatoms. The molecule has 0 bridgehead atoms. The van der Waals surface area contributed by atoms with Gasteiger partial charge in [-0.2, -0.15) is 0 Å². The lowest BCUT2D eigenvalue weighted by Crippen LogP contribution is -2.08. The van der Waals surface area contributed by atoms with E-state index in [1.54, 1.807) is 0 Å².